The molecule has 1 heterocycles. The van der Waals surface area contributed by atoms with E-state index in [4.69, 9.17) is 0 Å². The minimum atomic E-state index is 1.12. The average Bonchev–Trinajstić information content (AvgIpc) is 2.29. The van der Waals surface area contributed by atoms with Crippen LogP contribution in [-0.2, 0) is 6.42 Å². The van der Waals surface area contributed by atoms with Crippen molar-refractivity contribution in [2.24, 2.45) is 0 Å². The van der Waals surface area contributed by atoms with Crippen LogP contribution in [0.15, 0.2) is 30.5 Å². The molecule has 0 bridgehead atoms. The van der Waals surface area contributed by atoms with E-state index in [-0.39, 0.29) is 0 Å². The highest BCUT2D eigenvalue weighted by Crippen LogP contribution is 2.27. The summed E-state index contributed by atoms with van der Waals surface area (Å²) in [6.07, 6.45) is 8.61. The van der Waals surface area contributed by atoms with Crippen molar-refractivity contribution in [2.75, 3.05) is 0 Å². The number of nitrogens with zero attached hydrogens (tertiary/aromatic N) is 1. The Morgan fingerprint density at radius 2 is 2.13 bits per heavy atom. The van der Waals surface area contributed by atoms with Gasteiger partial charge < -0.3 is 0 Å². The number of hydrogen-bond donors (Lipinski definition) is 0. The number of benzene rings is 1. The molecule has 0 atom stereocenters. The van der Waals surface area contributed by atoms with Gasteiger partial charge in [-0.25, -0.2) is 0 Å². The van der Waals surface area contributed by atoms with Crippen molar-refractivity contribution in [3.63, 3.8) is 0 Å². The van der Waals surface area contributed by atoms with Crippen LogP contribution in [0.5, 0.6) is 0 Å². The SMILES string of the molecule is Cc1cccc2c3c(ncc12)C=CCC3. The van der Waals surface area contributed by atoms with Crippen molar-refractivity contribution >= 4 is 16.8 Å². The molecule has 3 rings (SSSR count). The van der Waals surface area contributed by atoms with E-state index < -0.39 is 0 Å². The number of allylic oxidation sites excluding steroid dienone is 1. The lowest BCUT2D eigenvalue weighted by atomic mass is 9.95. The van der Waals surface area contributed by atoms with Crippen LogP contribution in [0.3, 0.4) is 0 Å². The monoisotopic (exact) mass is 195 g/mol. The summed E-state index contributed by atoms with van der Waals surface area (Å²) in [5.74, 6) is 0. The molecular weight excluding hydrogens is 182 g/mol. The topological polar surface area (TPSA) is 12.9 Å². The number of rotatable bonds is 0. The molecule has 15 heavy (non-hydrogen) atoms. The zero-order valence-corrected chi connectivity index (χ0v) is 8.83. The zero-order valence-electron chi connectivity index (χ0n) is 8.83. The second kappa shape index (κ2) is 3.20. The van der Waals surface area contributed by atoms with Crippen LogP contribution in [0.4, 0.5) is 0 Å². The first kappa shape index (κ1) is 8.66. The first-order chi connectivity index (χ1) is 7.36. The van der Waals surface area contributed by atoms with Gasteiger partial charge in [0.25, 0.3) is 0 Å². The minimum absolute atomic E-state index is 1.12. The molecule has 0 N–H and O–H groups in total. The Kier molecular flexibility index (Phi) is 1.84. The molecule has 0 radical (unpaired) electrons. The van der Waals surface area contributed by atoms with Crippen molar-refractivity contribution < 1.29 is 0 Å². The molecule has 2 aromatic rings. The Hall–Kier alpha value is -1.63. The molecule has 0 fully saturated rings. The quantitative estimate of drug-likeness (QED) is 0.627. The third kappa shape index (κ3) is 1.27. The second-order valence-corrected chi connectivity index (χ2v) is 4.10. The summed E-state index contributed by atoms with van der Waals surface area (Å²) in [7, 11) is 0. The molecule has 0 aliphatic heterocycles. The van der Waals surface area contributed by atoms with Crippen LogP contribution in [0.2, 0.25) is 0 Å². The Balaban J connectivity index is 2.42. The number of fused-ring (bicyclic) bond motifs is 3. The van der Waals surface area contributed by atoms with E-state index in [2.05, 4.69) is 42.3 Å². The van der Waals surface area contributed by atoms with Gasteiger partial charge in [-0.05, 0) is 42.4 Å². The maximum atomic E-state index is 4.52. The molecule has 1 heteroatoms. The fourth-order valence-corrected chi connectivity index (χ4v) is 2.29. The van der Waals surface area contributed by atoms with E-state index in [1.165, 1.54) is 21.9 Å². The maximum Gasteiger partial charge on any atom is 0.0664 e. The summed E-state index contributed by atoms with van der Waals surface area (Å²) >= 11 is 0. The van der Waals surface area contributed by atoms with Gasteiger partial charge in [0.2, 0.25) is 0 Å². The summed E-state index contributed by atoms with van der Waals surface area (Å²) in [5, 5.41) is 2.68. The Morgan fingerprint density at radius 3 is 3.07 bits per heavy atom. The Labute approximate surface area is 89.5 Å². The lowest BCUT2D eigenvalue weighted by Gasteiger charge is -2.13. The van der Waals surface area contributed by atoms with Crippen LogP contribution in [0.25, 0.3) is 16.8 Å². The molecule has 0 amide bonds. The van der Waals surface area contributed by atoms with Crippen molar-refractivity contribution in [2.45, 2.75) is 19.8 Å². The summed E-state index contributed by atoms with van der Waals surface area (Å²) in [6, 6.07) is 6.49. The van der Waals surface area contributed by atoms with Crippen LogP contribution in [0.1, 0.15) is 23.2 Å². The number of aryl methyl sites for hydroxylation is 2. The first-order valence-electron chi connectivity index (χ1n) is 5.40. The molecule has 1 aliphatic carbocycles. The highest BCUT2D eigenvalue weighted by molar-refractivity contribution is 5.90. The number of hydrogen-bond acceptors (Lipinski definition) is 1. The van der Waals surface area contributed by atoms with Gasteiger partial charge in [0.15, 0.2) is 0 Å². The van der Waals surface area contributed by atoms with Gasteiger partial charge in [-0.15, -0.1) is 0 Å². The maximum absolute atomic E-state index is 4.52. The molecule has 0 spiro atoms. The highest BCUT2D eigenvalue weighted by atomic mass is 14.7. The Bertz CT molecular complexity index is 553. The van der Waals surface area contributed by atoms with E-state index in [0.29, 0.717) is 0 Å². The molecule has 1 aliphatic rings. The summed E-state index contributed by atoms with van der Waals surface area (Å²) in [5.41, 5.74) is 3.88. The van der Waals surface area contributed by atoms with E-state index in [1.54, 1.807) is 0 Å². The van der Waals surface area contributed by atoms with Crippen molar-refractivity contribution in [3.8, 4) is 0 Å². The third-order valence-corrected chi connectivity index (χ3v) is 3.13. The van der Waals surface area contributed by atoms with Gasteiger partial charge >= 0.3 is 0 Å². The van der Waals surface area contributed by atoms with Crippen molar-refractivity contribution in [1.82, 2.24) is 4.98 Å². The summed E-state index contributed by atoms with van der Waals surface area (Å²) < 4.78 is 0. The van der Waals surface area contributed by atoms with Gasteiger partial charge in [-0.3, -0.25) is 4.98 Å². The Morgan fingerprint density at radius 1 is 1.20 bits per heavy atom. The molecule has 0 saturated heterocycles. The lowest BCUT2D eigenvalue weighted by Crippen LogP contribution is -1.98. The molecule has 1 aromatic heterocycles. The minimum Gasteiger partial charge on any atom is -0.256 e. The summed E-state index contributed by atoms with van der Waals surface area (Å²) in [6.45, 7) is 2.15. The fourth-order valence-electron chi connectivity index (χ4n) is 2.29. The second-order valence-electron chi connectivity index (χ2n) is 4.10. The van der Waals surface area contributed by atoms with Gasteiger partial charge in [-0.1, -0.05) is 24.3 Å². The van der Waals surface area contributed by atoms with E-state index >= 15 is 0 Å². The fraction of sp³-hybridized carbons (Fsp3) is 0.214. The van der Waals surface area contributed by atoms with Crippen LogP contribution >= 0.6 is 0 Å². The molecule has 1 nitrogen and oxygen atoms in total. The predicted octanol–water partition coefficient (Wildman–Crippen LogP) is 3.50. The van der Waals surface area contributed by atoms with Gasteiger partial charge in [0, 0.05) is 11.6 Å². The van der Waals surface area contributed by atoms with Crippen LogP contribution in [-0.4, -0.2) is 4.98 Å². The van der Waals surface area contributed by atoms with Crippen molar-refractivity contribution in [3.05, 3.63) is 47.3 Å². The van der Waals surface area contributed by atoms with Gasteiger partial charge in [0.05, 0.1) is 5.69 Å². The van der Waals surface area contributed by atoms with Gasteiger partial charge in [-0.2, -0.15) is 0 Å². The summed E-state index contributed by atoms with van der Waals surface area (Å²) in [4.78, 5) is 4.52. The molecule has 1 aromatic carbocycles. The largest absolute Gasteiger partial charge is 0.256 e. The highest BCUT2D eigenvalue weighted by Gasteiger charge is 2.10. The molecular formula is C14H13N. The lowest BCUT2D eigenvalue weighted by molar-refractivity contribution is 0.978. The standard InChI is InChI=1S/C14H13N/c1-10-5-4-7-11-12-6-2-3-8-14(12)15-9-13(10)11/h3-5,7-9H,2,6H2,1H3. The predicted molar refractivity (Wildman–Crippen MR) is 63.8 cm³/mol. The first-order valence-corrected chi connectivity index (χ1v) is 5.40. The normalized spacial score (nSPS) is 14.2. The smallest absolute Gasteiger partial charge is 0.0664 e. The van der Waals surface area contributed by atoms with E-state index in [0.717, 1.165) is 18.5 Å². The van der Waals surface area contributed by atoms with Crippen LogP contribution < -0.4 is 0 Å². The number of aromatic nitrogens is 1. The third-order valence-electron chi connectivity index (χ3n) is 3.13. The molecule has 0 unspecified atom stereocenters. The van der Waals surface area contributed by atoms with Gasteiger partial charge in [0.1, 0.15) is 0 Å². The van der Waals surface area contributed by atoms with Crippen molar-refractivity contribution in [1.29, 1.82) is 0 Å². The van der Waals surface area contributed by atoms with E-state index in [1.807, 2.05) is 6.20 Å². The van der Waals surface area contributed by atoms with E-state index in [9.17, 15) is 0 Å². The van der Waals surface area contributed by atoms with Crippen LogP contribution in [0, 0.1) is 6.92 Å². The average molecular weight is 195 g/mol. The number of pyridine rings is 1. The molecule has 0 saturated carbocycles. The zero-order chi connectivity index (χ0) is 10.3. The molecule has 74 valence electrons.